The van der Waals surface area contributed by atoms with E-state index in [0.717, 1.165) is 11.3 Å². The standard InChI is InChI=1S/C17H13N3O2S/c21-16(20-10-13-2-1-7-18-15(13)11-20)12-3-5-14(6-4-12)22-17-19-8-9-23-17/h1-9H,10-11H2. The largest absolute Gasteiger partial charge is 0.431 e. The number of rotatable bonds is 3. The first-order chi connectivity index (χ1) is 11.3. The van der Waals surface area contributed by atoms with Crippen LogP contribution in [0.2, 0.25) is 0 Å². The highest BCUT2D eigenvalue weighted by Gasteiger charge is 2.24. The van der Waals surface area contributed by atoms with Crippen molar-refractivity contribution < 1.29 is 9.53 Å². The molecule has 0 saturated heterocycles. The maximum absolute atomic E-state index is 12.6. The van der Waals surface area contributed by atoms with Gasteiger partial charge in [0.25, 0.3) is 11.1 Å². The van der Waals surface area contributed by atoms with Crippen LogP contribution in [0.5, 0.6) is 10.9 Å². The average molecular weight is 323 g/mol. The van der Waals surface area contributed by atoms with Crippen LogP contribution in [0.15, 0.2) is 54.2 Å². The Morgan fingerprint density at radius 3 is 2.70 bits per heavy atom. The van der Waals surface area contributed by atoms with Crippen molar-refractivity contribution in [2.24, 2.45) is 0 Å². The van der Waals surface area contributed by atoms with Gasteiger partial charge in [0, 0.05) is 29.9 Å². The highest BCUT2D eigenvalue weighted by Crippen LogP contribution is 2.25. The number of carbonyl (C=O) groups is 1. The third-order valence-corrected chi connectivity index (χ3v) is 4.34. The lowest BCUT2D eigenvalue weighted by molar-refractivity contribution is 0.0750. The van der Waals surface area contributed by atoms with Crippen LogP contribution in [0, 0.1) is 0 Å². The molecule has 0 spiro atoms. The van der Waals surface area contributed by atoms with E-state index in [0.29, 0.717) is 29.6 Å². The number of hydrogen-bond donors (Lipinski definition) is 0. The van der Waals surface area contributed by atoms with Gasteiger partial charge in [0.2, 0.25) is 0 Å². The van der Waals surface area contributed by atoms with Crippen molar-refractivity contribution in [1.82, 2.24) is 14.9 Å². The monoisotopic (exact) mass is 323 g/mol. The molecular weight excluding hydrogens is 310 g/mol. The first-order valence-corrected chi connectivity index (χ1v) is 8.07. The molecule has 0 saturated carbocycles. The van der Waals surface area contributed by atoms with Crippen molar-refractivity contribution in [2.45, 2.75) is 13.1 Å². The van der Waals surface area contributed by atoms with E-state index in [2.05, 4.69) is 9.97 Å². The molecule has 0 aliphatic carbocycles. The van der Waals surface area contributed by atoms with Crippen LogP contribution < -0.4 is 4.74 Å². The molecule has 0 bridgehead atoms. The van der Waals surface area contributed by atoms with Gasteiger partial charge in [-0.05, 0) is 35.9 Å². The molecule has 3 aromatic rings. The highest BCUT2D eigenvalue weighted by atomic mass is 32.1. The van der Waals surface area contributed by atoms with Crippen LogP contribution in [-0.4, -0.2) is 20.8 Å². The fourth-order valence-corrected chi connectivity index (χ4v) is 3.06. The minimum atomic E-state index is 0.00352. The van der Waals surface area contributed by atoms with Gasteiger partial charge in [0.15, 0.2) is 0 Å². The quantitative estimate of drug-likeness (QED) is 0.740. The highest BCUT2D eigenvalue weighted by molar-refractivity contribution is 7.11. The van der Waals surface area contributed by atoms with Crippen molar-refractivity contribution >= 4 is 17.2 Å². The Morgan fingerprint density at radius 2 is 1.96 bits per heavy atom. The number of thiazole rings is 1. The van der Waals surface area contributed by atoms with Gasteiger partial charge >= 0.3 is 0 Å². The number of benzene rings is 1. The molecule has 0 N–H and O–H groups in total. The van der Waals surface area contributed by atoms with Crippen LogP contribution in [0.1, 0.15) is 21.6 Å². The zero-order valence-electron chi connectivity index (χ0n) is 12.2. The maximum Gasteiger partial charge on any atom is 0.278 e. The molecule has 1 amide bonds. The van der Waals surface area contributed by atoms with Crippen molar-refractivity contribution in [3.63, 3.8) is 0 Å². The van der Waals surface area contributed by atoms with Crippen LogP contribution in [0.3, 0.4) is 0 Å². The zero-order chi connectivity index (χ0) is 15.6. The van der Waals surface area contributed by atoms with Gasteiger partial charge in [0.05, 0.1) is 12.2 Å². The van der Waals surface area contributed by atoms with Crippen LogP contribution in [0.25, 0.3) is 0 Å². The van der Waals surface area contributed by atoms with Gasteiger partial charge in [0.1, 0.15) is 5.75 Å². The van der Waals surface area contributed by atoms with Crippen molar-refractivity contribution in [3.05, 3.63) is 71.0 Å². The van der Waals surface area contributed by atoms with Crippen LogP contribution in [0.4, 0.5) is 0 Å². The first-order valence-electron chi connectivity index (χ1n) is 7.19. The number of aromatic nitrogens is 2. The second kappa shape index (κ2) is 5.81. The summed E-state index contributed by atoms with van der Waals surface area (Å²) in [4.78, 5) is 22.8. The molecule has 0 fully saturated rings. The number of carbonyl (C=O) groups excluding carboxylic acids is 1. The average Bonchev–Trinajstić information content (AvgIpc) is 3.24. The van der Waals surface area contributed by atoms with Crippen molar-refractivity contribution in [2.75, 3.05) is 0 Å². The normalized spacial score (nSPS) is 13.0. The molecule has 114 valence electrons. The van der Waals surface area contributed by atoms with Gasteiger partial charge in [-0.3, -0.25) is 9.78 Å². The number of hydrogen-bond acceptors (Lipinski definition) is 5. The van der Waals surface area contributed by atoms with E-state index in [9.17, 15) is 4.79 Å². The Morgan fingerprint density at radius 1 is 1.09 bits per heavy atom. The summed E-state index contributed by atoms with van der Waals surface area (Å²) in [6.45, 7) is 1.17. The summed E-state index contributed by atoms with van der Waals surface area (Å²) in [7, 11) is 0. The first kappa shape index (κ1) is 13.9. The third-order valence-electron chi connectivity index (χ3n) is 3.69. The predicted molar refractivity (Wildman–Crippen MR) is 86.4 cm³/mol. The molecule has 1 aromatic carbocycles. The Kier molecular flexibility index (Phi) is 3.51. The van der Waals surface area contributed by atoms with Gasteiger partial charge in [-0.15, -0.1) is 0 Å². The summed E-state index contributed by atoms with van der Waals surface area (Å²) in [5, 5.41) is 2.44. The number of amides is 1. The summed E-state index contributed by atoms with van der Waals surface area (Å²) >= 11 is 1.43. The van der Waals surface area contributed by atoms with E-state index >= 15 is 0 Å². The van der Waals surface area contributed by atoms with Gasteiger partial charge < -0.3 is 9.64 Å². The van der Waals surface area contributed by atoms with Crippen LogP contribution >= 0.6 is 11.3 Å². The zero-order valence-corrected chi connectivity index (χ0v) is 13.0. The molecule has 1 aliphatic heterocycles. The lowest BCUT2D eigenvalue weighted by Gasteiger charge is -2.15. The minimum absolute atomic E-state index is 0.00352. The van der Waals surface area contributed by atoms with E-state index < -0.39 is 0 Å². The molecule has 1 aliphatic rings. The van der Waals surface area contributed by atoms with E-state index in [1.54, 1.807) is 41.6 Å². The Labute approximate surface area is 137 Å². The molecule has 5 nitrogen and oxygen atoms in total. The minimum Gasteiger partial charge on any atom is -0.431 e. The smallest absolute Gasteiger partial charge is 0.278 e. The van der Waals surface area contributed by atoms with Crippen LogP contribution in [-0.2, 0) is 13.1 Å². The van der Waals surface area contributed by atoms with E-state index in [4.69, 9.17) is 4.74 Å². The Bertz CT molecular complexity index is 806. The summed E-state index contributed by atoms with van der Waals surface area (Å²) in [5.41, 5.74) is 2.73. The molecule has 2 aromatic heterocycles. The number of pyridine rings is 1. The maximum atomic E-state index is 12.6. The van der Waals surface area contributed by atoms with Crippen molar-refractivity contribution in [1.29, 1.82) is 0 Å². The van der Waals surface area contributed by atoms with E-state index in [1.807, 2.05) is 17.5 Å². The summed E-state index contributed by atoms with van der Waals surface area (Å²) in [6.07, 6.45) is 3.45. The fraction of sp³-hybridized carbons (Fsp3) is 0.118. The molecule has 0 atom stereocenters. The molecular formula is C17H13N3O2S. The lowest BCUT2D eigenvalue weighted by Crippen LogP contribution is -2.25. The third kappa shape index (κ3) is 2.80. The number of nitrogens with zero attached hydrogens (tertiary/aromatic N) is 3. The fourth-order valence-electron chi connectivity index (χ4n) is 2.55. The second-order valence-corrected chi connectivity index (χ2v) is 6.05. The second-order valence-electron chi connectivity index (χ2n) is 5.19. The SMILES string of the molecule is O=C(c1ccc(Oc2nccs2)cc1)N1Cc2cccnc2C1. The van der Waals surface area contributed by atoms with E-state index in [-0.39, 0.29) is 5.91 Å². The summed E-state index contributed by atoms with van der Waals surface area (Å²) in [5.74, 6) is 0.673. The number of ether oxygens (including phenoxy) is 1. The Balaban J connectivity index is 1.47. The molecule has 0 radical (unpaired) electrons. The molecule has 4 rings (SSSR count). The van der Waals surface area contributed by atoms with Gasteiger partial charge in [-0.25, -0.2) is 4.98 Å². The van der Waals surface area contributed by atoms with E-state index in [1.165, 1.54) is 11.3 Å². The lowest BCUT2D eigenvalue weighted by atomic mass is 10.2. The summed E-state index contributed by atoms with van der Waals surface area (Å²) < 4.78 is 5.60. The number of fused-ring (bicyclic) bond motifs is 1. The van der Waals surface area contributed by atoms with Crippen molar-refractivity contribution in [3.8, 4) is 10.9 Å². The molecule has 23 heavy (non-hydrogen) atoms. The molecule has 0 unspecified atom stereocenters. The Hall–Kier alpha value is -2.73. The molecule has 3 heterocycles. The van der Waals surface area contributed by atoms with Gasteiger partial charge in [-0.1, -0.05) is 17.4 Å². The predicted octanol–water partition coefficient (Wildman–Crippen LogP) is 3.49. The topological polar surface area (TPSA) is 55.3 Å². The van der Waals surface area contributed by atoms with Gasteiger partial charge in [-0.2, -0.15) is 0 Å². The summed E-state index contributed by atoms with van der Waals surface area (Å²) in [6, 6.07) is 11.0. The molecule has 6 heteroatoms.